The maximum absolute atomic E-state index is 10.9. The van der Waals surface area contributed by atoms with E-state index in [0.29, 0.717) is 18.6 Å². The summed E-state index contributed by atoms with van der Waals surface area (Å²) in [5, 5.41) is 10.9. The Balaban J connectivity index is 2.26. The van der Waals surface area contributed by atoms with Crippen molar-refractivity contribution in [3.05, 3.63) is 33.9 Å². The third kappa shape index (κ3) is 3.08. The molecule has 20 heavy (non-hydrogen) atoms. The molecule has 0 radical (unpaired) electrons. The summed E-state index contributed by atoms with van der Waals surface area (Å²) >= 11 is 0. The monoisotopic (exact) mass is 278 g/mol. The number of hydrogen-bond acceptors (Lipinski definition) is 5. The van der Waals surface area contributed by atoms with E-state index in [1.165, 1.54) is 25.3 Å². The van der Waals surface area contributed by atoms with Crippen LogP contribution in [0.2, 0.25) is 0 Å². The minimum atomic E-state index is -0.368. The average molecular weight is 278 g/mol. The highest BCUT2D eigenvalue weighted by Crippen LogP contribution is 2.28. The molecule has 0 saturated carbocycles. The van der Waals surface area contributed by atoms with Crippen LogP contribution in [0.3, 0.4) is 0 Å². The largest absolute Gasteiger partial charge is 0.324 e. The molecule has 1 aliphatic rings. The molecule has 1 aromatic carbocycles. The fourth-order valence-electron chi connectivity index (χ4n) is 2.95. The van der Waals surface area contributed by atoms with Gasteiger partial charge in [-0.2, -0.15) is 0 Å². The van der Waals surface area contributed by atoms with Gasteiger partial charge in [0.15, 0.2) is 0 Å². The molecule has 2 atom stereocenters. The smallest absolute Gasteiger partial charge is 0.269 e. The second-order valence-corrected chi connectivity index (χ2v) is 5.54. The fraction of sp³-hybridized carbons (Fsp3) is 0.571. The number of nitrogens with two attached hydrogens (primary N) is 1. The van der Waals surface area contributed by atoms with Crippen molar-refractivity contribution in [2.45, 2.75) is 51.7 Å². The molecule has 0 aromatic heterocycles. The number of non-ortho nitro benzene ring substituents is 1. The van der Waals surface area contributed by atoms with E-state index in [-0.39, 0.29) is 10.6 Å². The molecule has 0 spiro atoms. The number of anilines is 1. The molecule has 0 bridgehead atoms. The molecule has 1 heterocycles. The Hall–Kier alpha value is -1.66. The maximum atomic E-state index is 10.9. The fourth-order valence-corrected chi connectivity index (χ4v) is 2.95. The third-order valence-electron chi connectivity index (χ3n) is 4.18. The van der Waals surface area contributed by atoms with Crippen LogP contribution < -0.4 is 11.3 Å². The van der Waals surface area contributed by atoms with E-state index in [9.17, 15) is 10.1 Å². The van der Waals surface area contributed by atoms with Gasteiger partial charge in [0.05, 0.1) is 10.6 Å². The van der Waals surface area contributed by atoms with E-state index in [2.05, 4.69) is 24.2 Å². The van der Waals surface area contributed by atoms with Crippen molar-refractivity contribution in [1.29, 1.82) is 0 Å². The lowest BCUT2D eigenvalue weighted by Crippen LogP contribution is -2.43. The van der Waals surface area contributed by atoms with Crippen LogP contribution in [0, 0.1) is 10.1 Å². The molecular formula is C14H22N4O2. The molecular weight excluding hydrogens is 256 g/mol. The molecule has 1 saturated heterocycles. The van der Waals surface area contributed by atoms with E-state index < -0.39 is 0 Å². The zero-order chi connectivity index (χ0) is 14.7. The number of hydrogen-bond donors (Lipinski definition) is 2. The molecule has 6 nitrogen and oxygen atoms in total. The minimum Gasteiger partial charge on any atom is -0.324 e. The van der Waals surface area contributed by atoms with Crippen LogP contribution in [0.15, 0.2) is 18.2 Å². The first-order valence-corrected chi connectivity index (χ1v) is 7.02. The van der Waals surface area contributed by atoms with Gasteiger partial charge in [-0.1, -0.05) is 6.42 Å². The van der Waals surface area contributed by atoms with E-state index in [1.807, 2.05) is 0 Å². The Bertz CT molecular complexity index is 482. The van der Waals surface area contributed by atoms with Crippen molar-refractivity contribution >= 4 is 11.4 Å². The minimum absolute atomic E-state index is 0.108. The SMILES string of the molecule is C[C@@H]1CCC[C@H](C)N1Cc1cc([N+](=O)[O-])ccc1NN. The molecule has 1 aliphatic heterocycles. The van der Waals surface area contributed by atoms with Crippen molar-refractivity contribution in [2.24, 2.45) is 5.84 Å². The topological polar surface area (TPSA) is 84.4 Å². The summed E-state index contributed by atoms with van der Waals surface area (Å²) in [6, 6.07) is 5.74. The molecule has 1 fully saturated rings. The number of nitro benzene ring substituents is 1. The van der Waals surface area contributed by atoms with Crippen LogP contribution in [0.5, 0.6) is 0 Å². The maximum Gasteiger partial charge on any atom is 0.269 e. The Labute approximate surface area is 119 Å². The van der Waals surface area contributed by atoms with Crippen LogP contribution in [0.4, 0.5) is 11.4 Å². The quantitative estimate of drug-likeness (QED) is 0.502. The summed E-state index contributed by atoms with van der Waals surface area (Å²) in [5.74, 6) is 5.51. The van der Waals surface area contributed by atoms with Crippen LogP contribution in [-0.4, -0.2) is 21.9 Å². The van der Waals surface area contributed by atoms with Crippen molar-refractivity contribution < 1.29 is 4.92 Å². The predicted molar refractivity (Wildman–Crippen MR) is 79.2 cm³/mol. The summed E-state index contributed by atoms with van der Waals surface area (Å²) in [7, 11) is 0. The molecule has 0 unspecified atom stereocenters. The van der Waals surface area contributed by atoms with Crippen molar-refractivity contribution in [1.82, 2.24) is 4.90 Å². The van der Waals surface area contributed by atoms with Gasteiger partial charge in [-0.3, -0.25) is 20.9 Å². The van der Waals surface area contributed by atoms with Crippen LogP contribution >= 0.6 is 0 Å². The first kappa shape index (κ1) is 14.7. The normalized spacial score (nSPS) is 23.6. The first-order chi connectivity index (χ1) is 9.52. The summed E-state index contributed by atoms with van der Waals surface area (Å²) in [5.41, 5.74) is 4.37. The van der Waals surface area contributed by atoms with E-state index >= 15 is 0 Å². The highest BCUT2D eigenvalue weighted by Gasteiger charge is 2.25. The number of hydrazine groups is 1. The molecule has 0 amide bonds. The number of piperidine rings is 1. The second kappa shape index (κ2) is 6.19. The molecule has 2 rings (SSSR count). The Morgan fingerprint density at radius 1 is 1.40 bits per heavy atom. The number of nitro groups is 1. The number of rotatable bonds is 4. The van der Waals surface area contributed by atoms with Gasteiger partial charge in [-0.25, -0.2) is 0 Å². The molecule has 1 aromatic rings. The van der Waals surface area contributed by atoms with Crippen LogP contribution in [-0.2, 0) is 6.54 Å². The molecule has 110 valence electrons. The lowest BCUT2D eigenvalue weighted by atomic mass is 9.96. The van der Waals surface area contributed by atoms with E-state index in [4.69, 9.17) is 5.84 Å². The molecule has 0 aliphatic carbocycles. The van der Waals surface area contributed by atoms with E-state index in [1.54, 1.807) is 12.1 Å². The van der Waals surface area contributed by atoms with Gasteiger partial charge in [-0.05, 0) is 38.3 Å². The number of benzene rings is 1. The van der Waals surface area contributed by atoms with Crippen molar-refractivity contribution in [3.8, 4) is 0 Å². The first-order valence-electron chi connectivity index (χ1n) is 7.02. The lowest BCUT2D eigenvalue weighted by Gasteiger charge is -2.39. The number of nitrogen functional groups attached to an aromatic ring is 1. The van der Waals surface area contributed by atoms with Crippen LogP contribution in [0.1, 0.15) is 38.7 Å². The summed E-state index contributed by atoms with van der Waals surface area (Å²) in [6.07, 6.45) is 3.59. The van der Waals surface area contributed by atoms with Crippen LogP contribution in [0.25, 0.3) is 0 Å². The summed E-state index contributed by atoms with van der Waals surface area (Å²) in [4.78, 5) is 12.9. The molecule has 6 heteroatoms. The van der Waals surface area contributed by atoms with E-state index in [0.717, 1.165) is 11.3 Å². The Morgan fingerprint density at radius 2 is 2.05 bits per heavy atom. The number of likely N-dealkylation sites (tertiary alicyclic amines) is 1. The second-order valence-electron chi connectivity index (χ2n) is 5.54. The standard InChI is InChI=1S/C14H22N4O2/c1-10-4-3-5-11(2)17(10)9-12-8-13(18(19)20)6-7-14(12)16-15/h6-8,10-11,16H,3-5,9,15H2,1-2H3/t10-,11+. The molecule has 3 N–H and O–H groups in total. The highest BCUT2D eigenvalue weighted by molar-refractivity contribution is 5.55. The van der Waals surface area contributed by atoms with Gasteiger partial charge in [0.2, 0.25) is 0 Å². The predicted octanol–water partition coefficient (Wildman–Crippen LogP) is 2.64. The zero-order valence-electron chi connectivity index (χ0n) is 12.0. The zero-order valence-corrected chi connectivity index (χ0v) is 12.0. The van der Waals surface area contributed by atoms with Gasteiger partial charge in [0.1, 0.15) is 0 Å². The van der Waals surface area contributed by atoms with Gasteiger partial charge >= 0.3 is 0 Å². The average Bonchev–Trinajstić information content (AvgIpc) is 2.42. The number of nitrogens with zero attached hydrogens (tertiary/aromatic N) is 2. The Morgan fingerprint density at radius 3 is 2.60 bits per heavy atom. The third-order valence-corrected chi connectivity index (χ3v) is 4.18. The van der Waals surface area contributed by atoms with Gasteiger partial charge in [0.25, 0.3) is 5.69 Å². The highest BCUT2D eigenvalue weighted by atomic mass is 16.6. The number of nitrogens with one attached hydrogen (secondary N) is 1. The summed E-state index contributed by atoms with van der Waals surface area (Å²) in [6.45, 7) is 5.11. The van der Waals surface area contributed by atoms with Crippen molar-refractivity contribution in [2.75, 3.05) is 5.43 Å². The summed E-state index contributed by atoms with van der Waals surface area (Å²) < 4.78 is 0. The Kier molecular flexibility index (Phi) is 4.57. The lowest BCUT2D eigenvalue weighted by molar-refractivity contribution is -0.384. The van der Waals surface area contributed by atoms with Gasteiger partial charge in [0, 0.05) is 30.8 Å². The van der Waals surface area contributed by atoms with Gasteiger partial charge < -0.3 is 5.43 Å². The van der Waals surface area contributed by atoms with Crippen molar-refractivity contribution in [3.63, 3.8) is 0 Å². The van der Waals surface area contributed by atoms with Gasteiger partial charge in [-0.15, -0.1) is 0 Å².